The quantitative estimate of drug-likeness (QED) is 0.0270. The average molecular weight is 921 g/mol. The zero-order valence-corrected chi connectivity index (χ0v) is 36.0. The zero-order valence-electron chi connectivity index (χ0n) is 36.0. The Balaban J connectivity index is 1.05. The predicted molar refractivity (Wildman–Crippen MR) is 240 cm³/mol. The van der Waals surface area contributed by atoms with Gasteiger partial charge in [-0.3, -0.25) is 39.4 Å². The van der Waals surface area contributed by atoms with Crippen LogP contribution in [-0.4, -0.2) is 91.5 Å². The monoisotopic (exact) mass is 920 g/mol. The number of phenolic OH excluding ortho intramolecular Hbond substituents is 1. The molecule has 1 aliphatic heterocycles. The minimum Gasteiger partial charge on any atom is -0.504 e. The summed E-state index contributed by atoms with van der Waals surface area (Å²) < 4.78 is 17.1. The van der Waals surface area contributed by atoms with Crippen molar-refractivity contribution in [1.29, 1.82) is 0 Å². The van der Waals surface area contributed by atoms with E-state index < -0.39 is 76.8 Å². The number of anilines is 4. The van der Waals surface area contributed by atoms with Gasteiger partial charge in [-0.1, -0.05) is 12.1 Å². The molecule has 1 heterocycles. The normalized spacial score (nSPS) is 14.9. The Morgan fingerprint density at radius 3 is 1.79 bits per heavy atom. The van der Waals surface area contributed by atoms with Crippen LogP contribution in [0.25, 0.3) is 0 Å². The van der Waals surface area contributed by atoms with Crippen LogP contribution < -0.4 is 36.1 Å². The first-order valence-corrected chi connectivity index (χ1v) is 20.4. The Hall–Kier alpha value is -8.40. The first-order valence-electron chi connectivity index (χ1n) is 20.4. The minimum atomic E-state index is -2.10. The smallest absolute Gasteiger partial charge is 0.335 e. The van der Waals surface area contributed by atoms with Gasteiger partial charge in [-0.05, 0) is 112 Å². The Bertz CT molecular complexity index is 2710. The van der Waals surface area contributed by atoms with Gasteiger partial charge in [0.15, 0.2) is 17.6 Å². The lowest BCUT2D eigenvalue weighted by atomic mass is 10.1. The van der Waals surface area contributed by atoms with Crippen molar-refractivity contribution in [3.05, 3.63) is 141 Å². The lowest BCUT2D eigenvalue weighted by Crippen LogP contribution is -2.52. The molecule has 21 heteroatoms. The number of epoxide rings is 1. The van der Waals surface area contributed by atoms with Crippen LogP contribution in [0.5, 0.6) is 17.2 Å². The van der Waals surface area contributed by atoms with Gasteiger partial charge >= 0.3 is 11.9 Å². The summed E-state index contributed by atoms with van der Waals surface area (Å²) in [6.07, 6.45) is -4.55. The highest BCUT2D eigenvalue weighted by molar-refractivity contribution is 6.10. The number of benzene rings is 5. The molecule has 0 aliphatic carbocycles. The number of aromatic carboxylic acids is 1. The SMILES string of the molecule is CC(C)Oc1cc(C(=O)O)ccc1NC(=O)c1ccc(NC(=O)c2ccc(NC(=O)[C@@H](O)[C@H](NC3OC3c3ccc(NC(=O)c4ccc([N+](=O)[O-])cc4)cc3)C(=O)O)cc2)c(OC(C)C)c1O. The van der Waals surface area contributed by atoms with Gasteiger partial charge in [0.25, 0.3) is 29.3 Å². The molecule has 9 N–H and O–H groups in total. The van der Waals surface area contributed by atoms with Crippen LogP contribution in [0.4, 0.5) is 28.4 Å². The molecule has 0 bridgehead atoms. The molecule has 0 saturated carbocycles. The van der Waals surface area contributed by atoms with E-state index in [0.29, 0.717) is 11.3 Å². The number of nitro benzene ring substituents is 1. The molecule has 0 aromatic heterocycles. The van der Waals surface area contributed by atoms with E-state index in [9.17, 15) is 59.3 Å². The summed E-state index contributed by atoms with van der Waals surface area (Å²) in [4.78, 5) is 86.4. The lowest BCUT2D eigenvalue weighted by molar-refractivity contribution is -0.384. The fourth-order valence-corrected chi connectivity index (χ4v) is 6.44. The minimum absolute atomic E-state index is 0.000609. The molecule has 4 amide bonds. The maximum absolute atomic E-state index is 13.4. The van der Waals surface area contributed by atoms with E-state index >= 15 is 0 Å². The Kier molecular flexibility index (Phi) is 14.8. The van der Waals surface area contributed by atoms with E-state index in [0.717, 1.165) is 0 Å². The lowest BCUT2D eigenvalue weighted by Gasteiger charge is -2.20. The summed E-state index contributed by atoms with van der Waals surface area (Å²) in [5, 5.41) is 65.1. The number of amides is 4. The molecular weight excluding hydrogens is 877 g/mol. The van der Waals surface area contributed by atoms with Gasteiger partial charge in [0.05, 0.1) is 39.6 Å². The van der Waals surface area contributed by atoms with Gasteiger partial charge < -0.3 is 55.9 Å². The maximum atomic E-state index is 13.4. The van der Waals surface area contributed by atoms with E-state index in [1.54, 1.807) is 52.0 Å². The maximum Gasteiger partial charge on any atom is 0.335 e. The van der Waals surface area contributed by atoms with Gasteiger partial charge in [0.2, 0.25) is 0 Å². The summed E-state index contributed by atoms with van der Waals surface area (Å²) in [5.41, 5.74) is 1.03. The zero-order chi connectivity index (χ0) is 48.7. The van der Waals surface area contributed by atoms with Crippen molar-refractivity contribution in [3.63, 3.8) is 0 Å². The van der Waals surface area contributed by atoms with E-state index in [4.69, 9.17) is 14.2 Å². The number of aliphatic carboxylic acids is 1. The molecule has 1 fully saturated rings. The number of aromatic hydroxyl groups is 1. The molecule has 0 spiro atoms. The number of aliphatic hydroxyl groups excluding tert-OH is 1. The number of nitro groups is 1. The van der Waals surface area contributed by atoms with Crippen molar-refractivity contribution in [2.24, 2.45) is 0 Å². The van der Waals surface area contributed by atoms with Crippen molar-refractivity contribution in [2.45, 2.75) is 64.4 Å². The molecule has 67 heavy (non-hydrogen) atoms. The fraction of sp³-hybridized carbons (Fsp3) is 0.217. The summed E-state index contributed by atoms with van der Waals surface area (Å²) in [6, 6.07) is 21.4. The molecule has 5 aromatic carbocycles. The topological polar surface area (TPSA) is 318 Å². The number of carbonyl (C=O) groups excluding carboxylic acids is 4. The second-order valence-electron chi connectivity index (χ2n) is 15.4. The number of nitrogens with one attached hydrogen (secondary N) is 5. The number of carboxylic acid groups (broad SMARTS) is 2. The molecule has 348 valence electrons. The van der Waals surface area contributed by atoms with Gasteiger partial charge in [0, 0.05) is 34.6 Å². The molecule has 6 rings (SSSR count). The second-order valence-corrected chi connectivity index (χ2v) is 15.4. The highest BCUT2D eigenvalue weighted by Gasteiger charge is 2.45. The van der Waals surface area contributed by atoms with E-state index in [-0.39, 0.29) is 62.6 Å². The Morgan fingerprint density at radius 2 is 1.21 bits per heavy atom. The predicted octanol–water partition coefficient (Wildman–Crippen LogP) is 5.77. The second kappa shape index (κ2) is 20.6. The standard InChI is InChI=1S/C46H44N6O15/c1-22(2)65-34-21-27(45(59)60)11-19-32(34)49-42(57)31-18-20-33(39(36(31)53)66-23(3)4)50-41(56)25-7-14-29(15-8-25)48-43(58)37(54)35(46(61)62)51-44-38(67-44)24-5-12-28(13-6-24)47-40(55)26-9-16-30(17-10-26)52(63)64/h5-23,35,37-38,44,51,53-54H,1-4H3,(H,47,55)(H,48,58)(H,49,57)(H,50,56)(H,59,60)(H,61,62)/t35-,37-,38?,44?/m0/s1. The van der Waals surface area contributed by atoms with Crippen LogP contribution in [0.1, 0.15) is 80.8 Å². The summed E-state index contributed by atoms with van der Waals surface area (Å²) in [6.45, 7) is 6.76. The number of non-ortho nitro benzene ring substituents is 1. The third-order valence-electron chi connectivity index (χ3n) is 9.76. The van der Waals surface area contributed by atoms with Gasteiger partial charge in [-0.25, -0.2) is 4.79 Å². The number of ether oxygens (including phenoxy) is 3. The molecule has 5 aromatic rings. The molecule has 0 radical (unpaired) electrons. The summed E-state index contributed by atoms with van der Waals surface area (Å²) in [7, 11) is 0. The molecular formula is C46H44N6O15. The van der Waals surface area contributed by atoms with Crippen molar-refractivity contribution in [3.8, 4) is 17.2 Å². The van der Waals surface area contributed by atoms with E-state index in [1.807, 2.05) is 0 Å². The number of phenols is 1. The van der Waals surface area contributed by atoms with Crippen LogP contribution in [-0.2, 0) is 14.3 Å². The number of hydrogen-bond donors (Lipinski definition) is 9. The first-order chi connectivity index (χ1) is 31.8. The van der Waals surface area contributed by atoms with Crippen LogP contribution in [0.2, 0.25) is 0 Å². The molecule has 21 nitrogen and oxygen atoms in total. The molecule has 1 aliphatic rings. The Labute approximate surface area is 380 Å². The largest absolute Gasteiger partial charge is 0.504 e. The van der Waals surface area contributed by atoms with Crippen LogP contribution in [0.3, 0.4) is 0 Å². The van der Waals surface area contributed by atoms with Crippen LogP contribution in [0.15, 0.2) is 103 Å². The number of nitrogens with zero attached hydrogens (tertiary/aromatic N) is 1. The number of carbonyl (C=O) groups is 6. The highest BCUT2D eigenvalue weighted by Crippen LogP contribution is 2.40. The Morgan fingerprint density at radius 1 is 0.672 bits per heavy atom. The van der Waals surface area contributed by atoms with Crippen molar-refractivity contribution < 1.29 is 68.3 Å². The van der Waals surface area contributed by atoms with Crippen molar-refractivity contribution >= 4 is 64.0 Å². The first kappa shape index (κ1) is 48.1. The van der Waals surface area contributed by atoms with E-state index in [1.165, 1.54) is 78.9 Å². The number of carboxylic acids is 2. The number of hydrogen-bond acceptors (Lipinski definition) is 14. The van der Waals surface area contributed by atoms with Crippen LogP contribution in [0, 0.1) is 10.1 Å². The summed E-state index contributed by atoms with van der Waals surface area (Å²) >= 11 is 0. The third-order valence-corrected chi connectivity index (χ3v) is 9.76. The van der Waals surface area contributed by atoms with Gasteiger partial charge in [-0.2, -0.15) is 0 Å². The van der Waals surface area contributed by atoms with Crippen molar-refractivity contribution in [2.75, 3.05) is 21.3 Å². The number of rotatable bonds is 19. The molecule has 1 saturated heterocycles. The third kappa shape index (κ3) is 12.0. The highest BCUT2D eigenvalue weighted by atomic mass is 16.6. The van der Waals surface area contributed by atoms with Gasteiger partial charge in [-0.15, -0.1) is 0 Å². The molecule has 4 atom stereocenters. The average Bonchev–Trinajstić information content (AvgIpc) is 4.06. The van der Waals surface area contributed by atoms with E-state index in [2.05, 4.69) is 26.6 Å². The fourth-order valence-electron chi connectivity index (χ4n) is 6.44. The number of aliphatic hydroxyl groups is 1. The van der Waals surface area contributed by atoms with Crippen molar-refractivity contribution in [1.82, 2.24) is 5.32 Å². The van der Waals surface area contributed by atoms with Gasteiger partial charge in [0.1, 0.15) is 24.1 Å². The van der Waals surface area contributed by atoms with Crippen LogP contribution >= 0.6 is 0 Å². The summed E-state index contributed by atoms with van der Waals surface area (Å²) in [5.74, 6) is -6.56. The molecule has 2 unspecified atom stereocenters.